The summed E-state index contributed by atoms with van der Waals surface area (Å²) in [5, 5.41) is 14.3. The molecule has 3 rings (SSSR count). The number of fused-ring (bicyclic) bond motifs is 3. The summed E-state index contributed by atoms with van der Waals surface area (Å²) in [6.07, 6.45) is 2.17. The van der Waals surface area contributed by atoms with Crippen LogP contribution in [0.15, 0.2) is 45.6 Å². The fourth-order valence-corrected chi connectivity index (χ4v) is 3.46. The van der Waals surface area contributed by atoms with Crippen LogP contribution in [0.1, 0.15) is 37.0 Å². The van der Waals surface area contributed by atoms with Crippen LogP contribution in [-0.4, -0.2) is 42.1 Å². The standard InChI is InChI=1S/C22H26N2O4/c1-3-10-24(11-4-2)12-9-23-21(26)15-5-7-17-18-8-6-16(25)14-20(18)28-22(27)19(17)13-15/h5-8,13-14,25H,3-4,9-12H2,1-2H3,(H,23,26). The molecule has 0 fully saturated rings. The third-order valence-electron chi connectivity index (χ3n) is 4.75. The van der Waals surface area contributed by atoms with Gasteiger partial charge in [0.1, 0.15) is 11.3 Å². The summed E-state index contributed by atoms with van der Waals surface area (Å²) < 4.78 is 5.30. The summed E-state index contributed by atoms with van der Waals surface area (Å²) in [7, 11) is 0. The molecular weight excluding hydrogens is 356 g/mol. The quantitative estimate of drug-likeness (QED) is 0.460. The number of phenolic OH excluding ortho intramolecular Hbond substituents is 1. The molecule has 1 aromatic heterocycles. The predicted octanol–water partition coefficient (Wildman–Crippen LogP) is 3.50. The average Bonchev–Trinajstić information content (AvgIpc) is 2.68. The third-order valence-corrected chi connectivity index (χ3v) is 4.75. The van der Waals surface area contributed by atoms with Crippen LogP contribution in [0.5, 0.6) is 5.75 Å². The van der Waals surface area contributed by atoms with Crippen LogP contribution >= 0.6 is 0 Å². The van der Waals surface area contributed by atoms with Gasteiger partial charge >= 0.3 is 5.63 Å². The van der Waals surface area contributed by atoms with Crippen molar-refractivity contribution in [1.82, 2.24) is 10.2 Å². The van der Waals surface area contributed by atoms with Gasteiger partial charge in [-0.25, -0.2) is 4.79 Å². The molecule has 3 aromatic rings. The highest BCUT2D eigenvalue weighted by Gasteiger charge is 2.12. The van der Waals surface area contributed by atoms with E-state index < -0.39 is 5.63 Å². The fourth-order valence-electron chi connectivity index (χ4n) is 3.46. The number of aromatic hydroxyl groups is 1. The first-order chi connectivity index (χ1) is 13.5. The van der Waals surface area contributed by atoms with Gasteiger partial charge in [-0.2, -0.15) is 0 Å². The van der Waals surface area contributed by atoms with E-state index >= 15 is 0 Å². The normalized spacial score (nSPS) is 11.4. The molecule has 6 nitrogen and oxygen atoms in total. The second-order valence-electron chi connectivity index (χ2n) is 6.93. The topological polar surface area (TPSA) is 82.8 Å². The summed E-state index contributed by atoms with van der Waals surface area (Å²) >= 11 is 0. The Bertz CT molecular complexity index is 1040. The lowest BCUT2D eigenvalue weighted by molar-refractivity contribution is 0.0948. The maximum atomic E-state index is 12.5. The molecule has 6 heteroatoms. The zero-order valence-corrected chi connectivity index (χ0v) is 16.3. The maximum absolute atomic E-state index is 12.5. The van der Waals surface area contributed by atoms with Crippen LogP contribution in [0.25, 0.3) is 21.7 Å². The predicted molar refractivity (Wildman–Crippen MR) is 111 cm³/mol. The van der Waals surface area contributed by atoms with E-state index in [1.54, 1.807) is 30.3 Å². The molecular formula is C22H26N2O4. The summed E-state index contributed by atoms with van der Waals surface area (Å²) in [6.45, 7) is 7.69. The van der Waals surface area contributed by atoms with Crippen LogP contribution in [0, 0.1) is 0 Å². The molecule has 0 saturated carbocycles. The highest BCUT2D eigenvalue weighted by atomic mass is 16.4. The van der Waals surface area contributed by atoms with Gasteiger partial charge in [0.25, 0.3) is 5.91 Å². The van der Waals surface area contributed by atoms with Crippen molar-refractivity contribution in [3.63, 3.8) is 0 Å². The molecule has 0 aliphatic carbocycles. The van der Waals surface area contributed by atoms with E-state index in [-0.39, 0.29) is 11.7 Å². The Balaban J connectivity index is 1.79. The lowest BCUT2D eigenvalue weighted by Gasteiger charge is -2.20. The Hall–Kier alpha value is -2.86. The van der Waals surface area contributed by atoms with Gasteiger partial charge in [-0.1, -0.05) is 19.9 Å². The molecule has 0 atom stereocenters. The number of nitrogens with one attached hydrogen (secondary N) is 1. The van der Waals surface area contributed by atoms with Gasteiger partial charge in [0, 0.05) is 30.1 Å². The van der Waals surface area contributed by atoms with E-state index in [0.717, 1.165) is 32.5 Å². The zero-order valence-electron chi connectivity index (χ0n) is 16.3. The minimum absolute atomic E-state index is 0.0335. The van der Waals surface area contributed by atoms with E-state index in [9.17, 15) is 14.7 Å². The Morgan fingerprint density at radius 3 is 2.43 bits per heavy atom. The van der Waals surface area contributed by atoms with Crippen molar-refractivity contribution in [1.29, 1.82) is 0 Å². The van der Waals surface area contributed by atoms with Crippen molar-refractivity contribution in [2.45, 2.75) is 26.7 Å². The molecule has 0 saturated heterocycles. The number of nitrogens with zero attached hydrogens (tertiary/aromatic N) is 1. The molecule has 2 aromatic carbocycles. The van der Waals surface area contributed by atoms with Crippen LogP contribution in [0.2, 0.25) is 0 Å². The van der Waals surface area contributed by atoms with Crippen molar-refractivity contribution in [3.8, 4) is 5.75 Å². The molecule has 148 valence electrons. The van der Waals surface area contributed by atoms with Gasteiger partial charge < -0.3 is 19.7 Å². The number of hydrogen-bond acceptors (Lipinski definition) is 5. The van der Waals surface area contributed by atoms with Gasteiger partial charge in [-0.15, -0.1) is 0 Å². The first-order valence-electron chi connectivity index (χ1n) is 9.73. The van der Waals surface area contributed by atoms with E-state index in [0.29, 0.717) is 33.8 Å². The van der Waals surface area contributed by atoms with E-state index in [2.05, 4.69) is 24.1 Å². The highest BCUT2D eigenvalue weighted by molar-refractivity contribution is 6.07. The molecule has 0 radical (unpaired) electrons. The van der Waals surface area contributed by atoms with E-state index in [4.69, 9.17) is 4.42 Å². The van der Waals surface area contributed by atoms with Crippen molar-refractivity contribution in [2.24, 2.45) is 0 Å². The molecule has 1 heterocycles. The monoisotopic (exact) mass is 382 g/mol. The van der Waals surface area contributed by atoms with Gasteiger partial charge in [0.2, 0.25) is 0 Å². The summed E-state index contributed by atoms with van der Waals surface area (Å²) in [5.74, 6) is -0.175. The number of carbonyl (C=O) groups excluding carboxylic acids is 1. The number of amides is 1. The van der Waals surface area contributed by atoms with Crippen LogP contribution in [0.4, 0.5) is 0 Å². The Kier molecular flexibility index (Phi) is 6.31. The molecule has 2 N–H and O–H groups in total. The number of phenols is 1. The van der Waals surface area contributed by atoms with Gasteiger partial charge in [0.15, 0.2) is 0 Å². The first-order valence-corrected chi connectivity index (χ1v) is 9.73. The number of rotatable bonds is 8. The number of benzene rings is 2. The molecule has 0 aliphatic heterocycles. The molecule has 0 bridgehead atoms. The minimum Gasteiger partial charge on any atom is -0.508 e. The summed E-state index contributed by atoms with van der Waals surface area (Å²) in [4.78, 5) is 27.2. The van der Waals surface area contributed by atoms with Gasteiger partial charge in [0.05, 0.1) is 5.39 Å². The summed E-state index contributed by atoms with van der Waals surface area (Å²) in [5.41, 5.74) is 0.219. The van der Waals surface area contributed by atoms with Crippen LogP contribution in [-0.2, 0) is 0 Å². The van der Waals surface area contributed by atoms with Gasteiger partial charge in [-0.05, 0) is 55.6 Å². The Morgan fingerprint density at radius 2 is 1.71 bits per heavy atom. The fraction of sp³-hybridized carbons (Fsp3) is 0.364. The Labute approximate surface area is 163 Å². The average molecular weight is 382 g/mol. The molecule has 1 amide bonds. The zero-order chi connectivity index (χ0) is 20.1. The molecule has 28 heavy (non-hydrogen) atoms. The molecule has 0 aliphatic rings. The largest absolute Gasteiger partial charge is 0.508 e. The maximum Gasteiger partial charge on any atom is 0.344 e. The highest BCUT2D eigenvalue weighted by Crippen LogP contribution is 2.26. The molecule has 0 spiro atoms. The van der Waals surface area contributed by atoms with E-state index in [1.807, 2.05) is 0 Å². The van der Waals surface area contributed by atoms with Crippen molar-refractivity contribution in [2.75, 3.05) is 26.2 Å². The van der Waals surface area contributed by atoms with E-state index in [1.165, 1.54) is 6.07 Å². The smallest absolute Gasteiger partial charge is 0.344 e. The lowest BCUT2D eigenvalue weighted by Crippen LogP contribution is -2.35. The SMILES string of the molecule is CCCN(CCC)CCNC(=O)c1ccc2c(c1)c(=O)oc1cc(O)ccc12. The lowest BCUT2D eigenvalue weighted by atomic mass is 10.0. The van der Waals surface area contributed by atoms with Crippen molar-refractivity contribution in [3.05, 3.63) is 52.4 Å². The first kappa shape index (κ1) is 19.9. The second-order valence-corrected chi connectivity index (χ2v) is 6.93. The van der Waals surface area contributed by atoms with Crippen LogP contribution < -0.4 is 10.9 Å². The minimum atomic E-state index is -0.528. The van der Waals surface area contributed by atoms with Crippen molar-refractivity contribution < 1.29 is 14.3 Å². The second kappa shape index (κ2) is 8.89. The van der Waals surface area contributed by atoms with Crippen molar-refractivity contribution >= 4 is 27.6 Å². The number of hydrogen-bond donors (Lipinski definition) is 2. The van der Waals surface area contributed by atoms with Crippen LogP contribution in [0.3, 0.4) is 0 Å². The summed E-state index contributed by atoms with van der Waals surface area (Å²) in [6, 6.07) is 9.68. The third kappa shape index (κ3) is 4.34. The molecule has 0 unspecified atom stereocenters. The van der Waals surface area contributed by atoms with Gasteiger partial charge in [-0.3, -0.25) is 4.79 Å². The number of carbonyl (C=O) groups is 1. The Morgan fingerprint density at radius 1 is 1.00 bits per heavy atom.